The number of nitrogens with one attached hydrogen (secondary N) is 2. The number of non-ortho nitro benzene ring substituents is 1. The molecule has 29 heavy (non-hydrogen) atoms. The second-order valence-corrected chi connectivity index (χ2v) is 7.64. The molecule has 0 fully saturated rings. The zero-order valence-electron chi connectivity index (χ0n) is 15.0. The summed E-state index contributed by atoms with van der Waals surface area (Å²) in [7, 11) is 0. The van der Waals surface area contributed by atoms with Crippen LogP contribution in [0.15, 0.2) is 60.0 Å². The second-order valence-electron chi connectivity index (χ2n) is 5.80. The quantitative estimate of drug-likeness (QED) is 0.414. The van der Waals surface area contributed by atoms with Gasteiger partial charge in [-0.05, 0) is 12.1 Å². The molecule has 0 atom stereocenters. The number of nitro benzene ring substituents is 1. The van der Waals surface area contributed by atoms with E-state index in [1.807, 2.05) is 18.2 Å². The zero-order chi connectivity index (χ0) is 20.6. The molecule has 0 aliphatic carbocycles. The number of carbonyl (C=O) groups is 2. The van der Waals surface area contributed by atoms with Crippen molar-refractivity contribution in [2.75, 3.05) is 22.1 Å². The molecule has 3 aromatic rings. The minimum Gasteiger partial charge on any atom is -0.325 e. The predicted octanol–water partition coefficient (Wildman–Crippen LogP) is 4.03. The molecule has 2 aromatic carbocycles. The molecule has 0 bridgehead atoms. The Hall–Kier alpha value is -3.24. The molecular weight excluding hydrogens is 412 g/mol. The van der Waals surface area contributed by atoms with Crippen molar-refractivity contribution in [2.45, 2.75) is 0 Å². The van der Waals surface area contributed by atoms with Crippen LogP contribution in [0.25, 0.3) is 11.3 Å². The highest BCUT2D eigenvalue weighted by atomic mass is 32.2. The van der Waals surface area contributed by atoms with Crippen molar-refractivity contribution in [1.82, 2.24) is 4.98 Å². The monoisotopic (exact) mass is 428 g/mol. The molecule has 2 N–H and O–H groups in total. The molecule has 0 saturated carbocycles. The smallest absolute Gasteiger partial charge is 0.270 e. The largest absolute Gasteiger partial charge is 0.325 e. The molecule has 148 valence electrons. The van der Waals surface area contributed by atoms with E-state index in [9.17, 15) is 19.7 Å². The fourth-order valence-electron chi connectivity index (χ4n) is 2.35. The molecule has 0 spiro atoms. The lowest BCUT2D eigenvalue weighted by atomic mass is 10.1. The normalized spacial score (nSPS) is 10.3. The number of anilines is 2. The van der Waals surface area contributed by atoms with E-state index in [-0.39, 0.29) is 29.0 Å². The average molecular weight is 428 g/mol. The van der Waals surface area contributed by atoms with Gasteiger partial charge in [-0.3, -0.25) is 19.7 Å². The Morgan fingerprint density at radius 2 is 1.76 bits per heavy atom. The highest BCUT2D eigenvalue weighted by Gasteiger charge is 2.12. The molecule has 2 amide bonds. The number of hydrogen-bond donors (Lipinski definition) is 2. The van der Waals surface area contributed by atoms with Crippen molar-refractivity contribution >= 4 is 51.4 Å². The lowest BCUT2D eigenvalue weighted by molar-refractivity contribution is -0.384. The molecule has 10 heteroatoms. The van der Waals surface area contributed by atoms with E-state index in [4.69, 9.17) is 0 Å². The first-order chi connectivity index (χ1) is 14.0. The number of nitro groups is 1. The van der Waals surface area contributed by atoms with Crippen molar-refractivity contribution in [3.8, 4) is 11.3 Å². The van der Waals surface area contributed by atoms with Crippen LogP contribution in [-0.4, -0.2) is 33.2 Å². The number of para-hydroxylation sites is 1. The third-order valence-electron chi connectivity index (χ3n) is 3.63. The predicted molar refractivity (Wildman–Crippen MR) is 115 cm³/mol. The van der Waals surface area contributed by atoms with Crippen molar-refractivity contribution in [1.29, 1.82) is 0 Å². The molecule has 0 aliphatic rings. The number of carbonyl (C=O) groups excluding carboxylic acids is 2. The molecule has 0 saturated heterocycles. The topological polar surface area (TPSA) is 114 Å². The molecule has 0 unspecified atom stereocenters. The molecule has 3 rings (SSSR count). The Bertz CT molecular complexity index is 1020. The second kappa shape index (κ2) is 9.80. The number of nitrogens with zero attached hydrogens (tertiary/aromatic N) is 2. The number of rotatable bonds is 8. The van der Waals surface area contributed by atoms with Crippen LogP contribution in [0.3, 0.4) is 0 Å². The van der Waals surface area contributed by atoms with Crippen LogP contribution in [0.4, 0.5) is 16.5 Å². The Balaban J connectivity index is 1.47. The first-order valence-corrected chi connectivity index (χ1v) is 10.5. The maximum Gasteiger partial charge on any atom is 0.270 e. The summed E-state index contributed by atoms with van der Waals surface area (Å²) in [6, 6.07) is 15.2. The van der Waals surface area contributed by atoms with Gasteiger partial charge in [0.2, 0.25) is 11.8 Å². The minimum absolute atomic E-state index is 0.0220. The number of thioether (sulfide) groups is 1. The lowest BCUT2D eigenvalue weighted by Gasteiger charge is -2.05. The van der Waals surface area contributed by atoms with Gasteiger partial charge >= 0.3 is 0 Å². The Morgan fingerprint density at radius 1 is 1.03 bits per heavy atom. The Labute approximate surface area is 174 Å². The van der Waals surface area contributed by atoms with Crippen LogP contribution in [-0.2, 0) is 9.59 Å². The molecule has 1 heterocycles. The summed E-state index contributed by atoms with van der Waals surface area (Å²) in [6.45, 7) is 0. The van der Waals surface area contributed by atoms with Crippen molar-refractivity contribution in [3.05, 3.63) is 70.1 Å². The van der Waals surface area contributed by atoms with E-state index in [1.54, 1.807) is 29.6 Å². The SMILES string of the molecule is O=C(CSCC(=O)Nc1nc(-c2cccc([N+](=O)[O-])c2)cs1)Nc1ccccc1. The molecule has 8 nitrogen and oxygen atoms in total. The van der Waals surface area contributed by atoms with Gasteiger partial charge in [0.05, 0.1) is 22.1 Å². The third kappa shape index (κ3) is 6.13. The number of amides is 2. The van der Waals surface area contributed by atoms with E-state index in [0.29, 0.717) is 22.1 Å². The molecular formula is C19H16N4O4S2. The van der Waals surface area contributed by atoms with Crippen molar-refractivity contribution in [2.24, 2.45) is 0 Å². The van der Waals surface area contributed by atoms with E-state index in [2.05, 4.69) is 15.6 Å². The summed E-state index contributed by atoms with van der Waals surface area (Å²) in [6.07, 6.45) is 0. The van der Waals surface area contributed by atoms with Crippen LogP contribution in [0.2, 0.25) is 0 Å². The van der Waals surface area contributed by atoms with Crippen LogP contribution < -0.4 is 10.6 Å². The van der Waals surface area contributed by atoms with E-state index < -0.39 is 4.92 Å². The van der Waals surface area contributed by atoms with Gasteiger partial charge in [-0.15, -0.1) is 23.1 Å². The highest BCUT2D eigenvalue weighted by Crippen LogP contribution is 2.27. The van der Waals surface area contributed by atoms with Gasteiger partial charge in [0.1, 0.15) is 0 Å². The van der Waals surface area contributed by atoms with Gasteiger partial charge in [-0.25, -0.2) is 4.98 Å². The van der Waals surface area contributed by atoms with Crippen LogP contribution >= 0.6 is 23.1 Å². The van der Waals surface area contributed by atoms with E-state index >= 15 is 0 Å². The number of hydrogen-bond acceptors (Lipinski definition) is 7. The lowest BCUT2D eigenvalue weighted by Crippen LogP contribution is -2.18. The van der Waals surface area contributed by atoms with E-state index in [1.165, 1.54) is 35.2 Å². The highest BCUT2D eigenvalue weighted by molar-refractivity contribution is 8.00. The van der Waals surface area contributed by atoms with E-state index in [0.717, 1.165) is 0 Å². The molecule has 1 aromatic heterocycles. The van der Waals surface area contributed by atoms with Crippen molar-refractivity contribution < 1.29 is 14.5 Å². The van der Waals surface area contributed by atoms with Gasteiger partial charge in [-0.1, -0.05) is 30.3 Å². The third-order valence-corrected chi connectivity index (χ3v) is 5.32. The minimum atomic E-state index is -0.469. The first-order valence-electron chi connectivity index (χ1n) is 8.44. The molecule has 0 radical (unpaired) electrons. The summed E-state index contributed by atoms with van der Waals surface area (Å²) in [5.41, 5.74) is 1.83. The maximum atomic E-state index is 12.1. The number of benzene rings is 2. The van der Waals surface area contributed by atoms with Gasteiger partial charge in [0.25, 0.3) is 5.69 Å². The summed E-state index contributed by atoms with van der Waals surface area (Å²) >= 11 is 2.42. The summed E-state index contributed by atoms with van der Waals surface area (Å²) < 4.78 is 0. The molecule has 0 aliphatic heterocycles. The van der Waals surface area contributed by atoms with Gasteiger partial charge in [-0.2, -0.15) is 0 Å². The average Bonchev–Trinajstić information content (AvgIpc) is 3.17. The summed E-state index contributed by atoms with van der Waals surface area (Å²) in [4.78, 5) is 38.6. The summed E-state index contributed by atoms with van der Waals surface area (Å²) in [5, 5.41) is 18.4. The van der Waals surface area contributed by atoms with Crippen molar-refractivity contribution in [3.63, 3.8) is 0 Å². The number of aromatic nitrogens is 1. The summed E-state index contributed by atoms with van der Waals surface area (Å²) in [5.74, 6) is -0.203. The zero-order valence-corrected chi connectivity index (χ0v) is 16.7. The van der Waals surface area contributed by atoms with Crippen LogP contribution in [0.1, 0.15) is 0 Å². The first kappa shape index (κ1) is 20.5. The Morgan fingerprint density at radius 3 is 2.48 bits per heavy atom. The van der Waals surface area contributed by atoms with Crippen LogP contribution in [0.5, 0.6) is 0 Å². The van der Waals surface area contributed by atoms with Gasteiger partial charge in [0.15, 0.2) is 5.13 Å². The number of thiazole rings is 1. The van der Waals surface area contributed by atoms with Crippen LogP contribution in [0, 0.1) is 10.1 Å². The fraction of sp³-hybridized carbons (Fsp3) is 0.105. The Kier molecular flexibility index (Phi) is 6.93. The maximum absolute atomic E-state index is 12.1. The van der Waals surface area contributed by atoms with Gasteiger partial charge < -0.3 is 10.6 Å². The fourth-order valence-corrected chi connectivity index (χ4v) is 3.71. The standard InChI is InChI=1S/C19H16N4O4S2/c24-17(20-14-6-2-1-3-7-14)11-28-12-18(25)22-19-21-16(10-29-19)13-5-4-8-15(9-13)23(26)27/h1-10H,11-12H2,(H,20,24)(H,21,22,25). The van der Waals surface area contributed by atoms with Gasteiger partial charge in [0, 0.05) is 28.8 Å².